The minimum absolute atomic E-state index is 0.00144. The number of hydrogen-bond acceptors (Lipinski definition) is 5. The molecule has 0 aliphatic heterocycles. The lowest BCUT2D eigenvalue weighted by Gasteiger charge is -2.39. The van der Waals surface area contributed by atoms with E-state index in [9.17, 15) is 14.4 Å². The highest BCUT2D eigenvalue weighted by molar-refractivity contribution is 6.70. The van der Waals surface area contributed by atoms with Crippen molar-refractivity contribution in [2.45, 2.75) is 32.2 Å². The molecule has 0 radical (unpaired) electrons. The molecule has 3 unspecified atom stereocenters. The van der Waals surface area contributed by atoms with Crippen molar-refractivity contribution in [2.24, 2.45) is 18.9 Å². The topological polar surface area (TPSA) is 74.6 Å². The summed E-state index contributed by atoms with van der Waals surface area (Å²) < 4.78 is 13.4. The third-order valence-corrected chi connectivity index (χ3v) is 6.57. The lowest BCUT2D eigenvalue weighted by Crippen LogP contribution is -2.49. The number of ether oxygens (including phenoxy) is 1. The molecule has 1 aromatic carbocycles. The van der Waals surface area contributed by atoms with E-state index in [-0.39, 0.29) is 28.3 Å². The van der Waals surface area contributed by atoms with Gasteiger partial charge in [0.2, 0.25) is 13.7 Å². The average molecular weight is 412 g/mol. The number of hydrogen-bond donors (Lipinski definition) is 0. The molecular weight excluding hydrogens is 386 g/mol. The SMILES string of the molecule is COC1C=C(O[Si](C)(C)C)CC2C(=O)c3c(n(C)c4ccccc4c3=O)C(=O)C12. The van der Waals surface area contributed by atoms with E-state index in [0.717, 1.165) is 0 Å². The number of para-hydroxylation sites is 1. The minimum atomic E-state index is -1.90. The number of carbonyl (C=O) groups excluding carboxylic acids is 2. The zero-order valence-corrected chi connectivity index (χ0v) is 18.3. The average Bonchev–Trinajstić information content (AvgIpc) is 2.66. The predicted octanol–water partition coefficient (Wildman–Crippen LogP) is 3.30. The van der Waals surface area contributed by atoms with Crippen LogP contribution in [0.2, 0.25) is 19.6 Å². The van der Waals surface area contributed by atoms with Gasteiger partial charge < -0.3 is 13.7 Å². The second kappa shape index (κ2) is 6.78. The van der Waals surface area contributed by atoms with Crippen molar-refractivity contribution in [1.82, 2.24) is 4.57 Å². The largest absolute Gasteiger partial charge is 0.547 e. The van der Waals surface area contributed by atoms with Crippen LogP contribution in [0.5, 0.6) is 0 Å². The number of ketones is 2. The number of aromatic nitrogens is 1. The van der Waals surface area contributed by atoms with Crippen molar-refractivity contribution in [1.29, 1.82) is 0 Å². The van der Waals surface area contributed by atoms with E-state index < -0.39 is 26.3 Å². The first kappa shape index (κ1) is 19.8. The molecule has 2 aliphatic rings. The number of allylic oxidation sites excluding steroid dienone is 1. The van der Waals surface area contributed by atoms with Gasteiger partial charge in [0.15, 0.2) is 11.6 Å². The molecule has 2 aliphatic carbocycles. The molecule has 0 bridgehead atoms. The van der Waals surface area contributed by atoms with Crippen LogP contribution in [-0.2, 0) is 16.2 Å². The van der Waals surface area contributed by atoms with Gasteiger partial charge in [-0.1, -0.05) is 12.1 Å². The number of rotatable bonds is 3. The quantitative estimate of drug-likeness (QED) is 0.725. The van der Waals surface area contributed by atoms with Gasteiger partial charge in [-0.2, -0.15) is 0 Å². The number of carbonyl (C=O) groups is 2. The lowest BCUT2D eigenvalue weighted by molar-refractivity contribution is 0.0322. The van der Waals surface area contributed by atoms with Gasteiger partial charge in [-0.25, -0.2) is 0 Å². The number of aryl methyl sites for hydroxylation is 1. The fourth-order valence-electron chi connectivity index (χ4n) is 4.55. The fraction of sp³-hybridized carbons (Fsp3) is 0.409. The lowest BCUT2D eigenvalue weighted by atomic mass is 9.68. The molecule has 6 nitrogen and oxygen atoms in total. The highest BCUT2D eigenvalue weighted by Gasteiger charge is 2.50. The molecule has 0 fully saturated rings. The van der Waals surface area contributed by atoms with Crippen molar-refractivity contribution < 1.29 is 18.8 Å². The van der Waals surface area contributed by atoms with Gasteiger partial charge in [0.25, 0.3) is 0 Å². The van der Waals surface area contributed by atoms with Crippen LogP contribution in [-0.4, -0.2) is 37.7 Å². The van der Waals surface area contributed by atoms with Crippen LogP contribution in [0, 0.1) is 11.8 Å². The van der Waals surface area contributed by atoms with E-state index >= 15 is 0 Å². The molecule has 1 aromatic heterocycles. The van der Waals surface area contributed by atoms with Crippen molar-refractivity contribution >= 4 is 30.8 Å². The molecular formula is C22H25NO5Si. The molecule has 0 saturated heterocycles. The maximum absolute atomic E-state index is 13.5. The first-order chi connectivity index (χ1) is 13.6. The maximum Gasteiger partial charge on any atom is 0.241 e. The molecule has 2 aromatic rings. The smallest absolute Gasteiger partial charge is 0.241 e. The van der Waals surface area contributed by atoms with Gasteiger partial charge in [0, 0.05) is 31.9 Å². The van der Waals surface area contributed by atoms with Gasteiger partial charge in [0.1, 0.15) is 0 Å². The Morgan fingerprint density at radius 1 is 1.07 bits per heavy atom. The molecule has 1 heterocycles. The number of nitrogens with zero attached hydrogens (tertiary/aromatic N) is 1. The molecule has 7 heteroatoms. The van der Waals surface area contributed by atoms with Crippen molar-refractivity contribution in [3.8, 4) is 0 Å². The van der Waals surface area contributed by atoms with E-state index in [2.05, 4.69) is 19.6 Å². The molecule has 0 spiro atoms. The summed E-state index contributed by atoms with van der Waals surface area (Å²) in [6.07, 6.45) is 1.58. The third kappa shape index (κ3) is 3.09. The Morgan fingerprint density at radius 2 is 1.76 bits per heavy atom. The zero-order valence-electron chi connectivity index (χ0n) is 17.3. The van der Waals surface area contributed by atoms with Crippen molar-refractivity contribution in [2.75, 3.05) is 7.11 Å². The predicted molar refractivity (Wildman–Crippen MR) is 113 cm³/mol. The Labute approximate surface area is 170 Å². The molecule has 3 atom stereocenters. The van der Waals surface area contributed by atoms with Crippen molar-refractivity contribution in [3.63, 3.8) is 0 Å². The van der Waals surface area contributed by atoms with Crippen LogP contribution in [0.1, 0.15) is 27.3 Å². The van der Waals surface area contributed by atoms with Crippen molar-refractivity contribution in [3.05, 3.63) is 57.6 Å². The third-order valence-electron chi connectivity index (χ3n) is 5.70. The monoisotopic (exact) mass is 411 g/mol. The van der Waals surface area contributed by atoms with Gasteiger partial charge >= 0.3 is 0 Å². The van der Waals surface area contributed by atoms with E-state index in [4.69, 9.17) is 9.16 Å². The van der Waals surface area contributed by atoms with Crippen LogP contribution in [0.3, 0.4) is 0 Å². The summed E-state index contributed by atoms with van der Waals surface area (Å²) in [7, 11) is 1.36. The molecule has 0 amide bonds. The summed E-state index contributed by atoms with van der Waals surface area (Å²) in [5.74, 6) is -1.13. The number of pyridine rings is 1. The normalized spacial score (nSPS) is 24.2. The van der Waals surface area contributed by atoms with Crippen LogP contribution in [0.15, 0.2) is 40.9 Å². The summed E-state index contributed by atoms with van der Waals surface area (Å²) in [5.41, 5.74) is 0.451. The van der Waals surface area contributed by atoms with E-state index in [1.54, 1.807) is 29.8 Å². The summed E-state index contributed by atoms with van der Waals surface area (Å²) in [4.78, 5) is 40.2. The first-order valence-electron chi connectivity index (χ1n) is 9.76. The molecule has 0 N–H and O–H groups in total. The number of fused-ring (bicyclic) bond motifs is 3. The summed E-state index contributed by atoms with van der Waals surface area (Å²) in [6, 6.07) is 7.06. The van der Waals surface area contributed by atoms with E-state index in [0.29, 0.717) is 23.1 Å². The Hall–Kier alpha value is -2.51. The van der Waals surface area contributed by atoms with Crippen LogP contribution >= 0.6 is 0 Å². The summed E-state index contributed by atoms with van der Waals surface area (Å²) in [5, 5.41) is 0.446. The van der Waals surface area contributed by atoms with Crippen LogP contribution < -0.4 is 5.43 Å². The van der Waals surface area contributed by atoms with Gasteiger partial charge in [0.05, 0.1) is 34.6 Å². The standard InChI is InChI=1S/C22H25NO5Si/c1-23-15-9-7-6-8-13(15)20(24)18-19(23)22(26)17-14(21(18)25)10-12(11-16(17)27-2)28-29(3,4)5/h6-9,11,14,16-17H,10H2,1-5H3. The zero-order chi connectivity index (χ0) is 21.1. The van der Waals surface area contributed by atoms with Gasteiger partial charge in [-0.05, 0) is 37.8 Å². The van der Waals surface area contributed by atoms with Gasteiger partial charge in [-0.15, -0.1) is 0 Å². The number of Topliss-reactive ketones (excluding diaryl/α,β-unsaturated/α-hetero) is 2. The molecule has 0 saturated carbocycles. The first-order valence-corrected chi connectivity index (χ1v) is 13.2. The van der Waals surface area contributed by atoms with Crippen LogP contribution in [0.4, 0.5) is 0 Å². The Balaban J connectivity index is 1.91. The Morgan fingerprint density at radius 3 is 2.41 bits per heavy atom. The Kier molecular flexibility index (Phi) is 4.62. The maximum atomic E-state index is 13.5. The Bertz CT molecular complexity index is 1120. The van der Waals surface area contributed by atoms with Crippen LogP contribution in [0.25, 0.3) is 10.9 Å². The van der Waals surface area contributed by atoms with E-state index in [1.807, 2.05) is 12.1 Å². The number of methoxy groups -OCH3 is 1. The molecule has 4 rings (SSSR count). The minimum Gasteiger partial charge on any atom is -0.547 e. The highest BCUT2D eigenvalue weighted by Crippen LogP contribution is 2.41. The highest BCUT2D eigenvalue weighted by atomic mass is 28.4. The molecule has 152 valence electrons. The summed E-state index contributed by atoms with van der Waals surface area (Å²) >= 11 is 0. The second-order valence-electron chi connectivity index (χ2n) is 8.74. The van der Waals surface area contributed by atoms with E-state index in [1.165, 1.54) is 7.11 Å². The number of benzene rings is 1. The van der Waals surface area contributed by atoms with Gasteiger partial charge in [-0.3, -0.25) is 14.4 Å². The molecule has 29 heavy (non-hydrogen) atoms. The fourth-order valence-corrected chi connectivity index (χ4v) is 5.49. The second-order valence-corrected chi connectivity index (χ2v) is 13.2. The summed E-state index contributed by atoms with van der Waals surface area (Å²) in [6.45, 7) is 6.19.